The Morgan fingerprint density at radius 3 is 2.36 bits per heavy atom. The second kappa shape index (κ2) is 9.52. The van der Waals surface area contributed by atoms with E-state index < -0.39 is 17.5 Å². The minimum atomic E-state index is -1.05. The van der Waals surface area contributed by atoms with Gasteiger partial charge in [0.1, 0.15) is 17.8 Å². The molecule has 174 valence electrons. The smallest absolute Gasteiger partial charge is 0.325 e. The van der Waals surface area contributed by atoms with Crippen LogP contribution in [-0.2, 0) is 16.0 Å². The third kappa shape index (κ3) is 5.10. The van der Waals surface area contributed by atoms with Gasteiger partial charge in [-0.3, -0.25) is 14.5 Å². The van der Waals surface area contributed by atoms with Crippen molar-refractivity contribution in [3.8, 4) is 5.75 Å². The molecule has 2 fully saturated rings. The molecule has 2 aliphatic rings. The molecule has 2 aromatic carbocycles. The molecule has 4 amide bonds. The maximum atomic E-state index is 13.0. The number of carbonyl (C=O) groups excluding carboxylic acids is 3. The lowest BCUT2D eigenvalue weighted by Gasteiger charge is -2.21. The van der Waals surface area contributed by atoms with Crippen molar-refractivity contribution in [1.29, 1.82) is 0 Å². The van der Waals surface area contributed by atoms with Crippen LogP contribution in [0.5, 0.6) is 5.75 Å². The van der Waals surface area contributed by atoms with Gasteiger partial charge in [0.25, 0.3) is 5.91 Å². The molecular formula is C25H30N4O4. The number of ether oxygens (including phenoxy) is 1. The fourth-order valence-electron chi connectivity index (χ4n) is 4.32. The van der Waals surface area contributed by atoms with Crippen molar-refractivity contribution < 1.29 is 19.1 Å². The van der Waals surface area contributed by atoms with E-state index >= 15 is 0 Å². The lowest BCUT2D eigenvalue weighted by molar-refractivity contribution is -0.133. The summed E-state index contributed by atoms with van der Waals surface area (Å²) in [7, 11) is 1.61. The molecule has 1 atom stereocenters. The van der Waals surface area contributed by atoms with E-state index in [1.807, 2.05) is 48.5 Å². The standard InChI is InChI=1S/C25H30N4O4/c1-25(14-13-18-5-11-21(33-2)12-6-18)23(31)29(24(32)27-25)17-22(30)26-19-7-9-20(10-8-19)28-15-3-4-16-28/h5-12H,3-4,13-17H2,1-2H3,(H,26,30)(H,27,32)/t25-/m1/s1. The normalized spacial score (nSPS) is 20.2. The van der Waals surface area contributed by atoms with Gasteiger partial charge in [0.05, 0.1) is 7.11 Å². The lowest BCUT2D eigenvalue weighted by atomic mass is 9.93. The fourth-order valence-corrected chi connectivity index (χ4v) is 4.32. The summed E-state index contributed by atoms with van der Waals surface area (Å²) < 4.78 is 5.16. The van der Waals surface area contributed by atoms with Crippen molar-refractivity contribution in [2.45, 2.75) is 38.1 Å². The Labute approximate surface area is 193 Å². The van der Waals surface area contributed by atoms with Gasteiger partial charge in [0.15, 0.2) is 0 Å². The molecule has 4 rings (SSSR count). The number of rotatable bonds is 8. The number of benzene rings is 2. The first-order valence-corrected chi connectivity index (χ1v) is 11.3. The van der Waals surface area contributed by atoms with Crippen molar-refractivity contribution in [3.05, 3.63) is 54.1 Å². The molecule has 0 aromatic heterocycles. The van der Waals surface area contributed by atoms with Gasteiger partial charge >= 0.3 is 6.03 Å². The van der Waals surface area contributed by atoms with Crippen molar-refractivity contribution in [1.82, 2.24) is 10.2 Å². The molecule has 2 aliphatic heterocycles. The van der Waals surface area contributed by atoms with E-state index in [9.17, 15) is 14.4 Å². The van der Waals surface area contributed by atoms with Crippen molar-refractivity contribution in [2.75, 3.05) is 37.0 Å². The van der Waals surface area contributed by atoms with E-state index in [0.717, 1.165) is 35.0 Å². The number of aryl methyl sites for hydroxylation is 1. The molecule has 0 saturated carbocycles. The first kappa shape index (κ1) is 22.6. The molecule has 2 N–H and O–H groups in total. The first-order chi connectivity index (χ1) is 15.9. The highest BCUT2D eigenvalue weighted by Crippen LogP contribution is 2.25. The number of nitrogens with one attached hydrogen (secondary N) is 2. The number of hydrogen-bond acceptors (Lipinski definition) is 5. The number of nitrogens with zero attached hydrogens (tertiary/aromatic N) is 2. The summed E-state index contributed by atoms with van der Waals surface area (Å²) in [5.74, 6) is -0.0366. The number of imide groups is 1. The van der Waals surface area contributed by atoms with Gasteiger partial charge in [0.2, 0.25) is 5.91 Å². The van der Waals surface area contributed by atoms with Crippen LogP contribution in [0.1, 0.15) is 31.7 Å². The summed E-state index contributed by atoms with van der Waals surface area (Å²) in [4.78, 5) is 41.3. The van der Waals surface area contributed by atoms with Gasteiger partial charge in [-0.1, -0.05) is 12.1 Å². The summed E-state index contributed by atoms with van der Waals surface area (Å²) >= 11 is 0. The number of hydrogen-bond donors (Lipinski definition) is 2. The average molecular weight is 451 g/mol. The molecule has 33 heavy (non-hydrogen) atoms. The van der Waals surface area contributed by atoms with Crippen LogP contribution < -0.4 is 20.3 Å². The van der Waals surface area contributed by atoms with Crippen LogP contribution in [-0.4, -0.2) is 55.0 Å². The zero-order chi connectivity index (χ0) is 23.4. The van der Waals surface area contributed by atoms with Crippen molar-refractivity contribution >= 4 is 29.2 Å². The van der Waals surface area contributed by atoms with Crippen LogP contribution in [0, 0.1) is 0 Å². The average Bonchev–Trinajstić information content (AvgIpc) is 3.42. The monoisotopic (exact) mass is 450 g/mol. The number of carbonyl (C=O) groups is 3. The zero-order valence-electron chi connectivity index (χ0n) is 19.1. The van der Waals surface area contributed by atoms with Crippen LogP contribution in [0.25, 0.3) is 0 Å². The van der Waals surface area contributed by atoms with Crippen LogP contribution in [0.15, 0.2) is 48.5 Å². The quantitative estimate of drug-likeness (QED) is 0.603. The van der Waals surface area contributed by atoms with Gasteiger partial charge < -0.3 is 20.3 Å². The van der Waals surface area contributed by atoms with E-state index in [-0.39, 0.29) is 12.5 Å². The predicted molar refractivity (Wildman–Crippen MR) is 126 cm³/mol. The lowest BCUT2D eigenvalue weighted by Crippen LogP contribution is -2.45. The predicted octanol–water partition coefficient (Wildman–Crippen LogP) is 3.18. The third-order valence-electron chi connectivity index (χ3n) is 6.34. The molecule has 8 nitrogen and oxygen atoms in total. The minimum Gasteiger partial charge on any atom is -0.497 e. The largest absolute Gasteiger partial charge is 0.497 e. The topological polar surface area (TPSA) is 91.0 Å². The highest BCUT2D eigenvalue weighted by Gasteiger charge is 2.47. The van der Waals surface area contributed by atoms with E-state index in [2.05, 4.69) is 15.5 Å². The summed E-state index contributed by atoms with van der Waals surface area (Å²) in [6, 6.07) is 14.7. The van der Waals surface area contributed by atoms with Gasteiger partial charge in [-0.2, -0.15) is 0 Å². The summed E-state index contributed by atoms with van der Waals surface area (Å²) in [5.41, 5.74) is 1.76. The van der Waals surface area contributed by atoms with Gasteiger partial charge in [-0.15, -0.1) is 0 Å². The third-order valence-corrected chi connectivity index (χ3v) is 6.34. The van der Waals surface area contributed by atoms with E-state index in [1.165, 1.54) is 12.8 Å². The van der Waals surface area contributed by atoms with Crippen LogP contribution in [0.2, 0.25) is 0 Å². The molecule has 2 aromatic rings. The van der Waals surface area contributed by atoms with E-state index in [0.29, 0.717) is 18.5 Å². The summed E-state index contributed by atoms with van der Waals surface area (Å²) in [6.45, 7) is 3.48. The Morgan fingerprint density at radius 2 is 1.73 bits per heavy atom. The molecule has 2 heterocycles. The Morgan fingerprint density at radius 1 is 1.06 bits per heavy atom. The highest BCUT2D eigenvalue weighted by atomic mass is 16.5. The molecule has 0 spiro atoms. The molecule has 0 unspecified atom stereocenters. The number of urea groups is 1. The fraction of sp³-hybridized carbons (Fsp3) is 0.400. The van der Waals surface area contributed by atoms with Crippen LogP contribution in [0.4, 0.5) is 16.2 Å². The van der Waals surface area contributed by atoms with Gasteiger partial charge in [-0.05, 0) is 74.6 Å². The van der Waals surface area contributed by atoms with Gasteiger partial charge in [-0.25, -0.2) is 4.79 Å². The Balaban J connectivity index is 1.32. The van der Waals surface area contributed by atoms with Crippen molar-refractivity contribution in [2.24, 2.45) is 0 Å². The maximum absolute atomic E-state index is 13.0. The SMILES string of the molecule is COc1ccc(CC[C@@]2(C)NC(=O)N(CC(=O)Nc3ccc(N4CCCC4)cc3)C2=O)cc1. The van der Waals surface area contributed by atoms with E-state index in [4.69, 9.17) is 4.74 Å². The number of anilines is 2. The molecular weight excluding hydrogens is 420 g/mol. The number of methoxy groups -OCH3 is 1. The second-order valence-corrected chi connectivity index (χ2v) is 8.79. The minimum absolute atomic E-state index is 0.323. The van der Waals surface area contributed by atoms with Crippen LogP contribution >= 0.6 is 0 Å². The van der Waals surface area contributed by atoms with Crippen molar-refractivity contribution in [3.63, 3.8) is 0 Å². The van der Waals surface area contributed by atoms with Crippen LogP contribution in [0.3, 0.4) is 0 Å². The molecule has 8 heteroatoms. The highest BCUT2D eigenvalue weighted by molar-refractivity contribution is 6.09. The second-order valence-electron chi connectivity index (χ2n) is 8.79. The first-order valence-electron chi connectivity index (χ1n) is 11.3. The van der Waals surface area contributed by atoms with Gasteiger partial charge in [0, 0.05) is 24.5 Å². The Hall–Kier alpha value is -3.55. The molecule has 0 radical (unpaired) electrons. The summed E-state index contributed by atoms with van der Waals surface area (Å²) in [6.07, 6.45) is 3.43. The Kier molecular flexibility index (Phi) is 6.53. The molecule has 0 bridgehead atoms. The van der Waals surface area contributed by atoms with E-state index in [1.54, 1.807) is 14.0 Å². The zero-order valence-corrected chi connectivity index (χ0v) is 19.1. The number of amides is 4. The summed E-state index contributed by atoms with van der Waals surface area (Å²) in [5, 5.41) is 5.54. The Bertz CT molecular complexity index is 1020. The molecule has 0 aliphatic carbocycles. The molecule has 2 saturated heterocycles. The maximum Gasteiger partial charge on any atom is 0.325 e.